The van der Waals surface area contributed by atoms with Crippen LogP contribution in [0.2, 0.25) is 5.02 Å². The van der Waals surface area contributed by atoms with Crippen LogP contribution in [-0.2, 0) is 17.2 Å². The Bertz CT molecular complexity index is 1210. The Hall–Kier alpha value is -3.56. The van der Waals surface area contributed by atoms with Crippen molar-refractivity contribution in [3.05, 3.63) is 98.6 Å². The van der Waals surface area contributed by atoms with E-state index in [4.69, 9.17) is 21.1 Å². The van der Waals surface area contributed by atoms with Crippen LogP contribution in [0.15, 0.2) is 71.8 Å². The first-order valence-electron chi connectivity index (χ1n) is 10.7. The third kappa shape index (κ3) is 8.62. The molecule has 35 heavy (non-hydrogen) atoms. The lowest BCUT2D eigenvalue weighted by Gasteiger charge is -2.12. The molecule has 0 radical (unpaired) electrons. The van der Waals surface area contributed by atoms with Crippen LogP contribution in [0.4, 0.5) is 5.69 Å². The Kier molecular flexibility index (Phi) is 9.94. The van der Waals surface area contributed by atoms with Gasteiger partial charge in [-0.15, -0.1) is 11.8 Å². The molecule has 1 amide bonds. The lowest BCUT2D eigenvalue weighted by atomic mass is 10.2. The largest absolute Gasteiger partial charge is 0.490 e. The molecule has 10 heteroatoms. The topological polar surface area (TPSA) is 103 Å². The van der Waals surface area contributed by atoms with Gasteiger partial charge in [-0.1, -0.05) is 35.9 Å². The highest BCUT2D eigenvalue weighted by molar-refractivity contribution is 7.99. The predicted octanol–water partition coefficient (Wildman–Crippen LogP) is 5.61. The summed E-state index contributed by atoms with van der Waals surface area (Å²) >= 11 is 7.37. The molecule has 3 aromatic rings. The summed E-state index contributed by atoms with van der Waals surface area (Å²) in [6.07, 6.45) is 1.52. The average molecular weight is 514 g/mol. The van der Waals surface area contributed by atoms with Crippen molar-refractivity contribution in [3.8, 4) is 11.5 Å². The number of hydrogen-bond donors (Lipinski definition) is 1. The maximum absolute atomic E-state index is 12.1. The zero-order valence-electron chi connectivity index (χ0n) is 19.0. The number of amides is 1. The highest BCUT2D eigenvalue weighted by atomic mass is 35.5. The van der Waals surface area contributed by atoms with E-state index >= 15 is 0 Å². The summed E-state index contributed by atoms with van der Waals surface area (Å²) in [7, 11) is 0. The number of thioether (sulfide) groups is 1. The number of nitro groups is 1. The first-order chi connectivity index (χ1) is 16.9. The van der Waals surface area contributed by atoms with E-state index in [2.05, 4.69) is 10.5 Å². The van der Waals surface area contributed by atoms with Crippen molar-refractivity contribution < 1.29 is 19.2 Å². The normalized spacial score (nSPS) is 10.8. The molecule has 0 spiro atoms. The molecule has 0 saturated heterocycles. The number of carbonyl (C=O) groups excluding carboxylic acids is 1. The number of hydrazone groups is 1. The first-order valence-corrected chi connectivity index (χ1v) is 12.2. The highest BCUT2D eigenvalue weighted by Crippen LogP contribution is 2.29. The van der Waals surface area contributed by atoms with Crippen LogP contribution >= 0.6 is 23.4 Å². The maximum Gasteiger partial charge on any atom is 0.269 e. The quantitative estimate of drug-likeness (QED) is 0.192. The first kappa shape index (κ1) is 26.1. The number of nitro benzene ring substituents is 1. The van der Waals surface area contributed by atoms with E-state index < -0.39 is 4.92 Å². The number of nitrogens with zero attached hydrogens (tertiary/aromatic N) is 2. The second-order valence-electron chi connectivity index (χ2n) is 7.27. The van der Waals surface area contributed by atoms with Gasteiger partial charge in [0.25, 0.3) is 5.69 Å². The number of ether oxygens (including phenoxy) is 2. The van der Waals surface area contributed by atoms with Crippen molar-refractivity contribution in [3.63, 3.8) is 0 Å². The fourth-order valence-electron chi connectivity index (χ4n) is 3.01. The molecule has 0 saturated carbocycles. The molecule has 0 bridgehead atoms. The van der Waals surface area contributed by atoms with Gasteiger partial charge < -0.3 is 9.47 Å². The zero-order chi connectivity index (χ0) is 25.0. The van der Waals surface area contributed by atoms with Gasteiger partial charge in [-0.05, 0) is 53.9 Å². The van der Waals surface area contributed by atoms with Gasteiger partial charge in [-0.25, -0.2) is 5.43 Å². The van der Waals surface area contributed by atoms with Gasteiger partial charge in [0, 0.05) is 22.9 Å². The molecule has 0 fully saturated rings. The van der Waals surface area contributed by atoms with Crippen LogP contribution in [-0.4, -0.2) is 29.4 Å². The van der Waals surface area contributed by atoms with Crippen molar-refractivity contribution in [2.24, 2.45) is 5.10 Å². The van der Waals surface area contributed by atoms with Crippen LogP contribution in [0.1, 0.15) is 23.6 Å². The van der Waals surface area contributed by atoms with E-state index in [0.717, 1.165) is 16.7 Å². The monoisotopic (exact) mass is 513 g/mol. The Balaban J connectivity index is 1.50. The number of benzene rings is 3. The molecule has 8 nitrogen and oxygen atoms in total. The minimum atomic E-state index is -0.440. The van der Waals surface area contributed by atoms with Crippen molar-refractivity contribution in [1.82, 2.24) is 5.43 Å². The van der Waals surface area contributed by atoms with Gasteiger partial charge in [0.2, 0.25) is 5.91 Å². The summed E-state index contributed by atoms with van der Waals surface area (Å²) in [4.78, 5) is 22.5. The molecular weight excluding hydrogens is 490 g/mol. The van der Waals surface area contributed by atoms with Crippen LogP contribution in [0, 0.1) is 10.1 Å². The molecule has 0 atom stereocenters. The van der Waals surface area contributed by atoms with Gasteiger partial charge in [0.15, 0.2) is 11.5 Å². The van der Waals surface area contributed by atoms with Crippen LogP contribution in [0.25, 0.3) is 0 Å². The van der Waals surface area contributed by atoms with Gasteiger partial charge in [-0.2, -0.15) is 5.10 Å². The Morgan fingerprint density at radius 3 is 2.66 bits per heavy atom. The van der Waals surface area contributed by atoms with Crippen molar-refractivity contribution in [2.45, 2.75) is 19.3 Å². The molecule has 3 rings (SSSR count). The molecule has 0 unspecified atom stereocenters. The number of halogens is 1. The summed E-state index contributed by atoms with van der Waals surface area (Å²) in [5.74, 6) is 1.53. The van der Waals surface area contributed by atoms with Gasteiger partial charge in [-0.3, -0.25) is 14.9 Å². The molecular formula is C25H24ClN3O5S. The Morgan fingerprint density at radius 1 is 1.09 bits per heavy atom. The number of nitrogens with one attached hydrogen (secondary N) is 1. The third-order valence-electron chi connectivity index (χ3n) is 4.58. The summed E-state index contributed by atoms with van der Waals surface area (Å²) in [6, 6.07) is 19.2. The molecule has 182 valence electrons. The molecule has 0 aliphatic heterocycles. The molecule has 0 aromatic heterocycles. The molecule has 1 N–H and O–H groups in total. The number of hydrogen-bond acceptors (Lipinski definition) is 7. The van der Waals surface area contributed by atoms with E-state index in [0.29, 0.717) is 35.5 Å². The van der Waals surface area contributed by atoms with E-state index in [1.54, 1.807) is 30.3 Å². The number of carbonyl (C=O) groups is 1. The lowest BCUT2D eigenvalue weighted by Crippen LogP contribution is -2.19. The summed E-state index contributed by atoms with van der Waals surface area (Å²) < 4.78 is 11.6. The summed E-state index contributed by atoms with van der Waals surface area (Å²) in [5, 5.41) is 15.5. The maximum atomic E-state index is 12.1. The van der Waals surface area contributed by atoms with E-state index in [1.165, 1.54) is 30.1 Å². The van der Waals surface area contributed by atoms with Crippen molar-refractivity contribution >= 4 is 41.2 Å². The zero-order valence-corrected chi connectivity index (χ0v) is 20.6. The molecule has 0 heterocycles. The Labute approximate surface area is 212 Å². The number of non-ortho nitro benzene ring substituents is 1. The molecule has 3 aromatic carbocycles. The fourth-order valence-corrected chi connectivity index (χ4v) is 3.99. The predicted molar refractivity (Wildman–Crippen MR) is 138 cm³/mol. The minimum Gasteiger partial charge on any atom is -0.490 e. The van der Waals surface area contributed by atoms with Crippen molar-refractivity contribution in [1.29, 1.82) is 0 Å². The minimum absolute atomic E-state index is 0.0319. The number of rotatable bonds is 12. The van der Waals surface area contributed by atoms with Gasteiger partial charge in [0.1, 0.15) is 6.61 Å². The SMILES string of the molecule is CCOc1cc(/C=N\NC(=O)CSCc2cccc([N+](=O)[O-])c2)ccc1OCc1cccc(Cl)c1. The smallest absolute Gasteiger partial charge is 0.269 e. The fraction of sp³-hybridized carbons (Fsp3) is 0.200. The highest BCUT2D eigenvalue weighted by Gasteiger charge is 2.08. The van der Waals surface area contributed by atoms with E-state index in [9.17, 15) is 14.9 Å². The van der Waals surface area contributed by atoms with Crippen LogP contribution < -0.4 is 14.9 Å². The van der Waals surface area contributed by atoms with Crippen LogP contribution in [0.5, 0.6) is 11.5 Å². The second kappa shape index (κ2) is 13.4. The van der Waals surface area contributed by atoms with E-state index in [-0.39, 0.29) is 17.3 Å². The Morgan fingerprint density at radius 2 is 1.89 bits per heavy atom. The molecule has 0 aliphatic carbocycles. The standard InChI is InChI=1S/C25H24ClN3O5S/c1-2-33-24-13-18(9-10-23(24)34-15-19-5-3-7-21(26)11-19)14-27-28-25(30)17-35-16-20-6-4-8-22(12-20)29(31)32/h3-14H,2,15-17H2,1H3,(H,28,30)/b27-14-. The third-order valence-corrected chi connectivity index (χ3v) is 5.82. The van der Waals surface area contributed by atoms with E-state index in [1.807, 2.05) is 31.2 Å². The summed E-state index contributed by atoms with van der Waals surface area (Å²) in [5.41, 5.74) is 4.96. The summed E-state index contributed by atoms with van der Waals surface area (Å²) in [6.45, 7) is 2.69. The van der Waals surface area contributed by atoms with Gasteiger partial charge >= 0.3 is 0 Å². The second-order valence-corrected chi connectivity index (χ2v) is 8.69. The van der Waals surface area contributed by atoms with Crippen LogP contribution in [0.3, 0.4) is 0 Å². The van der Waals surface area contributed by atoms with Gasteiger partial charge in [0.05, 0.1) is 23.5 Å². The lowest BCUT2D eigenvalue weighted by molar-refractivity contribution is -0.384. The molecule has 0 aliphatic rings. The van der Waals surface area contributed by atoms with Crippen molar-refractivity contribution in [2.75, 3.05) is 12.4 Å². The average Bonchev–Trinajstić information content (AvgIpc) is 2.84.